The minimum Gasteiger partial charge on any atom is -0.465 e. The summed E-state index contributed by atoms with van der Waals surface area (Å²) in [5.74, 6) is 0.216. The Morgan fingerprint density at radius 3 is 2.68 bits per heavy atom. The number of esters is 1. The fourth-order valence-electron chi connectivity index (χ4n) is 3.06. The second kappa shape index (κ2) is 6.73. The number of fused-ring (bicyclic) bond motifs is 1. The van der Waals surface area contributed by atoms with Crippen LogP contribution < -0.4 is 5.56 Å². The number of nitrogens with zero attached hydrogens (tertiary/aromatic N) is 1. The molecule has 1 aliphatic carbocycles. The van der Waals surface area contributed by atoms with E-state index >= 15 is 0 Å². The highest BCUT2D eigenvalue weighted by Crippen LogP contribution is 2.23. The maximum Gasteiger partial charge on any atom is 0.311 e. The van der Waals surface area contributed by atoms with Gasteiger partial charge in [0.05, 0.1) is 24.1 Å². The number of aromatic amines is 1. The molecule has 2 aromatic rings. The molecule has 116 valence electrons. The molecule has 1 aromatic carbocycles. The van der Waals surface area contributed by atoms with Gasteiger partial charge in [-0.1, -0.05) is 37.5 Å². The van der Waals surface area contributed by atoms with Gasteiger partial charge >= 0.3 is 5.97 Å². The van der Waals surface area contributed by atoms with Crippen molar-refractivity contribution in [2.45, 2.75) is 38.5 Å². The van der Waals surface area contributed by atoms with Crippen LogP contribution in [0.2, 0.25) is 0 Å². The Morgan fingerprint density at radius 1 is 1.18 bits per heavy atom. The van der Waals surface area contributed by atoms with Crippen molar-refractivity contribution < 1.29 is 9.53 Å². The zero-order valence-corrected chi connectivity index (χ0v) is 12.5. The minimum atomic E-state index is -0.282. The predicted molar refractivity (Wildman–Crippen MR) is 83.6 cm³/mol. The standard InChI is InChI=1S/C17H20N2O3/c20-16(22-11-12-6-2-1-3-7-12)10-15-13-8-4-5-9-14(13)17(21)19-18-15/h4-5,8-9,12H,1-3,6-7,10-11H2,(H,19,21). The summed E-state index contributed by atoms with van der Waals surface area (Å²) in [4.78, 5) is 23.7. The molecule has 0 radical (unpaired) electrons. The van der Waals surface area contributed by atoms with Gasteiger partial charge in [-0.15, -0.1) is 0 Å². The highest BCUT2D eigenvalue weighted by molar-refractivity contribution is 5.86. The number of H-pyrrole nitrogens is 1. The molecule has 1 aromatic heterocycles. The molecule has 3 rings (SSSR count). The van der Waals surface area contributed by atoms with Crippen LogP contribution in [-0.4, -0.2) is 22.8 Å². The molecular formula is C17H20N2O3. The highest BCUT2D eigenvalue weighted by atomic mass is 16.5. The second-order valence-electron chi connectivity index (χ2n) is 5.91. The Hall–Kier alpha value is -2.17. The third-order valence-electron chi connectivity index (χ3n) is 4.29. The molecule has 0 atom stereocenters. The van der Waals surface area contributed by atoms with Crippen LogP contribution >= 0.6 is 0 Å². The topological polar surface area (TPSA) is 72.0 Å². The van der Waals surface area contributed by atoms with Crippen LogP contribution in [-0.2, 0) is 16.0 Å². The van der Waals surface area contributed by atoms with E-state index in [-0.39, 0.29) is 17.9 Å². The van der Waals surface area contributed by atoms with Gasteiger partial charge in [0.25, 0.3) is 5.56 Å². The van der Waals surface area contributed by atoms with Crippen LogP contribution in [0.5, 0.6) is 0 Å². The zero-order chi connectivity index (χ0) is 15.4. The summed E-state index contributed by atoms with van der Waals surface area (Å²) in [5.41, 5.74) is 0.318. The Balaban J connectivity index is 1.66. The molecule has 1 heterocycles. The predicted octanol–water partition coefficient (Wildman–Crippen LogP) is 2.59. The smallest absolute Gasteiger partial charge is 0.311 e. The first-order valence-electron chi connectivity index (χ1n) is 7.86. The van der Waals surface area contributed by atoms with Crippen molar-refractivity contribution in [1.82, 2.24) is 10.2 Å². The van der Waals surface area contributed by atoms with Crippen molar-refractivity contribution in [3.8, 4) is 0 Å². The van der Waals surface area contributed by atoms with Crippen LogP contribution in [0, 0.1) is 5.92 Å². The van der Waals surface area contributed by atoms with Gasteiger partial charge in [-0.2, -0.15) is 5.10 Å². The van der Waals surface area contributed by atoms with E-state index in [9.17, 15) is 9.59 Å². The molecule has 0 aliphatic heterocycles. The molecule has 0 saturated heterocycles. The zero-order valence-electron chi connectivity index (χ0n) is 12.5. The number of carbonyl (C=O) groups is 1. The quantitative estimate of drug-likeness (QED) is 0.881. The van der Waals surface area contributed by atoms with Crippen LogP contribution in [0.25, 0.3) is 10.8 Å². The number of nitrogens with one attached hydrogen (secondary N) is 1. The fraction of sp³-hybridized carbons (Fsp3) is 0.471. The first-order chi connectivity index (χ1) is 10.7. The van der Waals surface area contributed by atoms with Crippen molar-refractivity contribution in [1.29, 1.82) is 0 Å². The Labute approximate surface area is 128 Å². The van der Waals surface area contributed by atoms with Gasteiger partial charge in [-0.3, -0.25) is 9.59 Å². The highest BCUT2D eigenvalue weighted by Gasteiger charge is 2.17. The van der Waals surface area contributed by atoms with Gasteiger partial charge in [-0.05, 0) is 24.8 Å². The van der Waals surface area contributed by atoms with Crippen molar-refractivity contribution in [3.63, 3.8) is 0 Å². The summed E-state index contributed by atoms with van der Waals surface area (Å²) in [5, 5.41) is 7.70. The third-order valence-corrected chi connectivity index (χ3v) is 4.29. The van der Waals surface area contributed by atoms with Gasteiger partial charge in [0.15, 0.2) is 0 Å². The SMILES string of the molecule is O=C(Cc1n[nH]c(=O)c2ccccc12)OCC1CCCCC1. The van der Waals surface area contributed by atoms with E-state index in [1.807, 2.05) is 6.07 Å². The third kappa shape index (κ3) is 3.35. The summed E-state index contributed by atoms with van der Waals surface area (Å²) in [7, 11) is 0. The van der Waals surface area contributed by atoms with Crippen LogP contribution in [0.1, 0.15) is 37.8 Å². The monoisotopic (exact) mass is 300 g/mol. The van der Waals surface area contributed by atoms with Crippen molar-refractivity contribution in [2.75, 3.05) is 6.61 Å². The number of hydrogen-bond acceptors (Lipinski definition) is 4. The van der Waals surface area contributed by atoms with Crippen molar-refractivity contribution in [3.05, 3.63) is 40.3 Å². The Morgan fingerprint density at radius 2 is 1.91 bits per heavy atom. The number of ether oxygens (including phenoxy) is 1. The molecule has 5 nitrogen and oxygen atoms in total. The molecule has 1 fully saturated rings. The largest absolute Gasteiger partial charge is 0.465 e. The number of carbonyl (C=O) groups excluding carboxylic acids is 1. The van der Waals surface area contributed by atoms with E-state index in [0.717, 1.165) is 12.8 Å². The number of benzene rings is 1. The molecule has 0 spiro atoms. The lowest BCUT2D eigenvalue weighted by Gasteiger charge is -2.21. The molecular weight excluding hydrogens is 280 g/mol. The lowest BCUT2D eigenvalue weighted by atomic mass is 9.90. The summed E-state index contributed by atoms with van der Waals surface area (Å²) >= 11 is 0. The lowest BCUT2D eigenvalue weighted by molar-refractivity contribution is -0.144. The van der Waals surface area contributed by atoms with E-state index in [4.69, 9.17) is 4.74 Å². The second-order valence-corrected chi connectivity index (χ2v) is 5.91. The first kappa shape index (κ1) is 14.8. The number of aromatic nitrogens is 2. The van der Waals surface area contributed by atoms with Gasteiger partial charge in [-0.25, -0.2) is 5.10 Å². The Bertz CT molecular complexity index is 717. The molecule has 5 heteroatoms. The fourth-order valence-corrected chi connectivity index (χ4v) is 3.06. The average molecular weight is 300 g/mol. The van der Waals surface area contributed by atoms with Gasteiger partial charge in [0.1, 0.15) is 0 Å². The normalized spacial score (nSPS) is 15.8. The van der Waals surface area contributed by atoms with Crippen LogP contribution in [0.15, 0.2) is 29.1 Å². The Kier molecular flexibility index (Phi) is 4.51. The number of hydrogen-bond donors (Lipinski definition) is 1. The van der Waals surface area contributed by atoms with Gasteiger partial charge in [0.2, 0.25) is 0 Å². The van der Waals surface area contributed by atoms with Crippen LogP contribution in [0.3, 0.4) is 0 Å². The molecule has 1 N–H and O–H groups in total. The van der Waals surface area contributed by atoms with Crippen LogP contribution in [0.4, 0.5) is 0 Å². The molecule has 1 aliphatic rings. The molecule has 22 heavy (non-hydrogen) atoms. The van der Waals surface area contributed by atoms with E-state index in [1.54, 1.807) is 18.2 Å². The molecule has 0 unspecified atom stereocenters. The average Bonchev–Trinajstić information content (AvgIpc) is 2.57. The van der Waals surface area contributed by atoms with Gasteiger partial charge in [0, 0.05) is 5.39 Å². The van der Waals surface area contributed by atoms with E-state index in [2.05, 4.69) is 10.2 Å². The van der Waals surface area contributed by atoms with Gasteiger partial charge < -0.3 is 4.74 Å². The van der Waals surface area contributed by atoms with Crippen molar-refractivity contribution in [2.24, 2.45) is 5.92 Å². The number of rotatable bonds is 4. The lowest BCUT2D eigenvalue weighted by Crippen LogP contribution is -2.19. The maximum atomic E-state index is 12.0. The molecule has 0 bridgehead atoms. The summed E-state index contributed by atoms with van der Waals surface area (Å²) in [6.07, 6.45) is 6.13. The van der Waals surface area contributed by atoms with E-state index < -0.39 is 0 Å². The molecule has 1 saturated carbocycles. The molecule has 0 amide bonds. The first-order valence-corrected chi connectivity index (χ1v) is 7.86. The summed E-state index contributed by atoms with van der Waals surface area (Å²) in [6.45, 7) is 0.500. The maximum absolute atomic E-state index is 12.0. The minimum absolute atomic E-state index is 0.0873. The van der Waals surface area contributed by atoms with E-state index in [0.29, 0.717) is 29.0 Å². The van der Waals surface area contributed by atoms with E-state index in [1.165, 1.54) is 19.3 Å². The summed E-state index contributed by atoms with van der Waals surface area (Å²) in [6, 6.07) is 7.16. The summed E-state index contributed by atoms with van der Waals surface area (Å²) < 4.78 is 5.39. The van der Waals surface area contributed by atoms with Crippen molar-refractivity contribution >= 4 is 16.7 Å².